The summed E-state index contributed by atoms with van der Waals surface area (Å²) in [5.41, 5.74) is 5.85. The first-order chi connectivity index (χ1) is 14.7. The van der Waals surface area contributed by atoms with Gasteiger partial charge >= 0.3 is 0 Å². The van der Waals surface area contributed by atoms with Crippen molar-refractivity contribution >= 4 is 17.2 Å². The maximum Gasteiger partial charge on any atom is 0.163 e. The van der Waals surface area contributed by atoms with Gasteiger partial charge in [0.15, 0.2) is 5.78 Å². The van der Waals surface area contributed by atoms with Crippen molar-refractivity contribution in [3.05, 3.63) is 95.5 Å². The van der Waals surface area contributed by atoms with Gasteiger partial charge in [-0.25, -0.2) is 0 Å². The third kappa shape index (κ3) is 3.32. The Bertz CT molecular complexity index is 1120. The fourth-order valence-electron chi connectivity index (χ4n) is 4.42. The van der Waals surface area contributed by atoms with Gasteiger partial charge in [-0.2, -0.15) is 0 Å². The van der Waals surface area contributed by atoms with Crippen molar-refractivity contribution in [2.24, 2.45) is 0 Å². The molecule has 2 heterocycles. The van der Waals surface area contributed by atoms with E-state index in [4.69, 9.17) is 4.74 Å². The number of hydrogen-bond donors (Lipinski definition) is 2. The second-order valence-electron chi connectivity index (χ2n) is 7.73. The summed E-state index contributed by atoms with van der Waals surface area (Å²) in [4.78, 5) is 17.7. The van der Waals surface area contributed by atoms with E-state index in [1.54, 1.807) is 13.3 Å². The third-order valence-corrected chi connectivity index (χ3v) is 5.89. The van der Waals surface area contributed by atoms with Crippen LogP contribution < -0.4 is 15.4 Å². The molecule has 0 fully saturated rings. The van der Waals surface area contributed by atoms with Crippen molar-refractivity contribution in [1.82, 2.24) is 4.98 Å². The molecule has 3 aromatic rings. The molecule has 0 saturated carbocycles. The van der Waals surface area contributed by atoms with Gasteiger partial charge in [0.2, 0.25) is 0 Å². The Morgan fingerprint density at radius 3 is 2.60 bits per heavy atom. The predicted octanol–water partition coefficient (Wildman–Crippen LogP) is 5.07. The average Bonchev–Trinajstić information content (AvgIpc) is 2.96. The molecule has 2 aromatic carbocycles. The van der Waals surface area contributed by atoms with Gasteiger partial charge in [-0.1, -0.05) is 30.3 Å². The molecular formula is C25H23N3O2. The zero-order valence-corrected chi connectivity index (χ0v) is 16.8. The number of anilines is 2. The standard InChI is InChI=1S/C25H23N3O2/c1-30-19-8-4-6-16(12-19)18-13-22-24(23(29)14-18)25(17-7-5-11-26-15-17)28-21-10-3-2-9-20(21)27-22/h2-12,15,18,25,27-28H,13-14H2,1H3/t18-,25-/m1/s1. The summed E-state index contributed by atoms with van der Waals surface area (Å²) in [5.74, 6) is 1.08. The summed E-state index contributed by atoms with van der Waals surface area (Å²) in [5, 5.41) is 7.14. The van der Waals surface area contributed by atoms with Crippen LogP contribution in [0.4, 0.5) is 11.4 Å². The number of nitrogens with zero attached hydrogens (tertiary/aromatic N) is 1. The van der Waals surface area contributed by atoms with E-state index in [0.29, 0.717) is 6.42 Å². The van der Waals surface area contributed by atoms with Gasteiger partial charge in [-0.05, 0) is 53.8 Å². The second kappa shape index (κ2) is 7.67. The summed E-state index contributed by atoms with van der Waals surface area (Å²) in [7, 11) is 1.67. The number of carbonyl (C=O) groups is 1. The van der Waals surface area contributed by atoms with Crippen molar-refractivity contribution < 1.29 is 9.53 Å². The number of aromatic nitrogens is 1. The largest absolute Gasteiger partial charge is 0.497 e. The SMILES string of the molecule is COc1cccc([C@H]2CC(=O)C3=C(C2)Nc2ccccc2N[C@@H]3c2cccnc2)c1. The number of allylic oxidation sites excluding steroid dienone is 1. The highest BCUT2D eigenvalue weighted by molar-refractivity contribution is 6.01. The Labute approximate surface area is 175 Å². The number of benzene rings is 2. The number of Topliss-reactive ketones (excluding diaryl/α,β-unsaturated/α-hetero) is 1. The van der Waals surface area contributed by atoms with Crippen LogP contribution in [0.5, 0.6) is 5.75 Å². The van der Waals surface area contributed by atoms with E-state index in [9.17, 15) is 4.79 Å². The smallest absolute Gasteiger partial charge is 0.163 e. The number of hydrogen-bond acceptors (Lipinski definition) is 5. The maximum atomic E-state index is 13.5. The van der Waals surface area contributed by atoms with Crippen molar-refractivity contribution in [3.63, 3.8) is 0 Å². The van der Waals surface area contributed by atoms with Crippen molar-refractivity contribution in [2.75, 3.05) is 17.7 Å². The van der Waals surface area contributed by atoms with E-state index in [1.807, 2.05) is 60.8 Å². The number of para-hydroxylation sites is 2. The van der Waals surface area contributed by atoms with E-state index in [-0.39, 0.29) is 17.7 Å². The minimum Gasteiger partial charge on any atom is -0.497 e. The van der Waals surface area contributed by atoms with Crippen LogP contribution in [-0.4, -0.2) is 17.9 Å². The van der Waals surface area contributed by atoms with Crippen molar-refractivity contribution in [1.29, 1.82) is 0 Å². The molecular weight excluding hydrogens is 374 g/mol. The number of nitrogens with one attached hydrogen (secondary N) is 2. The summed E-state index contributed by atoms with van der Waals surface area (Å²) < 4.78 is 5.39. The number of methoxy groups -OCH3 is 1. The highest BCUT2D eigenvalue weighted by atomic mass is 16.5. The Balaban J connectivity index is 1.59. The van der Waals surface area contributed by atoms with Gasteiger partial charge in [0, 0.05) is 30.1 Å². The van der Waals surface area contributed by atoms with Crippen LogP contribution in [0, 0.1) is 0 Å². The zero-order chi connectivity index (χ0) is 20.5. The summed E-state index contributed by atoms with van der Waals surface area (Å²) in [6.45, 7) is 0. The molecule has 1 aliphatic heterocycles. The number of rotatable bonds is 3. The van der Waals surface area contributed by atoms with Crippen molar-refractivity contribution in [3.8, 4) is 5.75 Å². The zero-order valence-electron chi connectivity index (χ0n) is 16.8. The predicted molar refractivity (Wildman–Crippen MR) is 118 cm³/mol. The van der Waals surface area contributed by atoms with Gasteiger partial charge in [0.05, 0.1) is 24.5 Å². The molecule has 0 bridgehead atoms. The van der Waals surface area contributed by atoms with E-state index in [2.05, 4.69) is 21.7 Å². The number of fused-ring (bicyclic) bond motifs is 1. The lowest BCUT2D eigenvalue weighted by Crippen LogP contribution is -2.26. The molecule has 0 saturated heterocycles. The lowest BCUT2D eigenvalue weighted by molar-refractivity contribution is -0.116. The first-order valence-corrected chi connectivity index (χ1v) is 10.2. The number of ketones is 1. The minimum absolute atomic E-state index is 0.110. The molecule has 150 valence electrons. The van der Waals surface area contributed by atoms with E-state index in [1.165, 1.54) is 0 Å². The number of carbonyl (C=O) groups excluding carboxylic acids is 1. The highest BCUT2D eigenvalue weighted by Crippen LogP contribution is 2.44. The van der Waals surface area contributed by atoms with Crippen LogP contribution in [0.1, 0.15) is 35.9 Å². The molecule has 5 rings (SSSR count). The quantitative estimate of drug-likeness (QED) is 0.646. The third-order valence-electron chi connectivity index (χ3n) is 5.89. The van der Waals surface area contributed by atoms with Gasteiger partial charge in [-0.3, -0.25) is 9.78 Å². The number of pyridine rings is 1. The first kappa shape index (κ1) is 18.4. The normalized spacial score (nSPS) is 20.4. The molecule has 5 heteroatoms. The minimum atomic E-state index is -0.233. The Morgan fingerprint density at radius 2 is 1.80 bits per heavy atom. The molecule has 1 aromatic heterocycles. The van der Waals surface area contributed by atoms with Gasteiger partial charge in [0.1, 0.15) is 5.75 Å². The lowest BCUT2D eigenvalue weighted by atomic mass is 9.78. The molecule has 0 spiro atoms. The molecule has 1 aliphatic carbocycles. The Hall–Kier alpha value is -3.60. The molecule has 5 nitrogen and oxygen atoms in total. The molecule has 0 amide bonds. The Kier molecular flexibility index (Phi) is 4.71. The maximum absolute atomic E-state index is 13.5. The van der Waals surface area contributed by atoms with Crippen LogP contribution in [0.2, 0.25) is 0 Å². The summed E-state index contributed by atoms with van der Waals surface area (Å²) >= 11 is 0. The monoisotopic (exact) mass is 397 g/mol. The topological polar surface area (TPSA) is 63.2 Å². The van der Waals surface area contributed by atoms with Crippen LogP contribution in [0.25, 0.3) is 0 Å². The molecule has 2 N–H and O–H groups in total. The highest BCUT2D eigenvalue weighted by Gasteiger charge is 2.36. The molecule has 0 unspecified atom stereocenters. The fourth-order valence-corrected chi connectivity index (χ4v) is 4.42. The molecule has 0 radical (unpaired) electrons. The molecule has 2 aliphatic rings. The van der Waals surface area contributed by atoms with Gasteiger partial charge < -0.3 is 15.4 Å². The summed E-state index contributed by atoms with van der Waals surface area (Å²) in [6, 6.07) is 19.8. The van der Waals surface area contributed by atoms with Crippen LogP contribution in [0.15, 0.2) is 84.3 Å². The first-order valence-electron chi connectivity index (χ1n) is 10.2. The second-order valence-corrected chi connectivity index (χ2v) is 7.73. The van der Waals surface area contributed by atoms with E-state index < -0.39 is 0 Å². The molecule has 2 atom stereocenters. The Morgan fingerprint density at radius 1 is 0.967 bits per heavy atom. The molecule has 30 heavy (non-hydrogen) atoms. The van der Waals surface area contributed by atoms with Crippen LogP contribution in [-0.2, 0) is 4.79 Å². The number of ether oxygens (including phenoxy) is 1. The average molecular weight is 397 g/mol. The van der Waals surface area contributed by atoms with Gasteiger partial charge in [-0.15, -0.1) is 0 Å². The van der Waals surface area contributed by atoms with E-state index >= 15 is 0 Å². The summed E-state index contributed by atoms with van der Waals surface area (Å²) in [6.07, 6.45) is 4.82. The van der Waals surface area contributed by atoms with Gasteiger partial charge in [0.25, 0.3) is 0 Å². The van der Waals surface area contributed by atoms with Crippen molar-refractivity contribution in [2.45, 2.75) is 24.8 Å². The lowest BCUT2D eigenvalue weighted by Gasteiger charge is -2.30. The fraction of sp³-hybridized carbons (Fsp3) is 0.200. The van der Waals surface area contributed by atoms with Crippen LogP contribution >= 0.6 is 0 Å². The van der Waals surface area contributed by atoms with E-state index in [0.717, 1.165) is 45.9 Å². The van der Waals surface area contributed by atoms with Crippen LogP contribution in [0.3, 0.4) is 0 Å².